The molecule has 0 bridgehead atoms. The normalized spacial score (nSPS) is 14.0. The zero-order chi connectivity index (χ0) is 13.6. The summed E-state index contributed by atoms with van der Waals surface area (Å²) in [4.78, 5) is 12.1. The zero-order valence-corrected chi connectivity index (χ0v) is 10.6. The van der Waals surface area contributed by atoms with Gasteiger partial charge in [-0.05, 0) is 13.0 Å². The number of ether oxygens (including phenoxy) is 2. The molecule has 1 unspecified atom stereocenters. The van der Waals surface area contributed by atoms with Crippen molar-refractivity contribution in [1.29, 1.82) is 0 Å². The molecule has 1 rings (SSSR count). The van der Waals surface area contributed by atoms with Crippen molar-refractivity contribution in [3.8, 4) is 0 Å². The molecule has 1 aromatic carbocycles. The van der Waals surface area contributed by atoms with Gasteiger partial charge in [-0.1, -0.05) is 18.2 Å². The van der Waals surface area contributed by atoms with E-state index >= 15 is 0 Å². The van der Waals surface area contributed by atoms with Crippen molar-refractivity contribution < 1.29 is 18.7 Å². The van der Waals surface area contributed by atoms with E-state index in [0.717, 1.165) is 0 Å². The number of hydrogen-bond acceptors (Lipinski definition) is 4. The summed E-state index contributed by atoms with van der Waals surface area (Å²) in [6, 6.07) is 6.02. The molecule has 0 aliphatic heterocycles. The Hall–Kier alpha value is -1.46. The highest BCUT2D eigenvalue weighted by atomic mass is 19.1. The monoisotopic (exact) mass is 255 g/mol. The van der Waals surface area contributed by atoms with Gasteiger partial charge in [0.25, 0.3) is 0 Å². The molecular formula is C13H18FNO3. The van der Waals surface area contributed by atoms with Crippen LogP contribution < -0.4 is 5.73 Å². The van der Waals surface area contributed by atoms with Crippen molar-refractivity contribution in [3.63, 3.8) is 0 Å². The summed E-state index contributed by atoms with van der Waals surface area (Å²) >= 11 is 0. The second-order valence-corrected chi connectivity index (χ2v) is 3.92. The van der Waals surface area contributed by atoms with E-state index in [1.54, 1.807) is 19.1 Å². The summed E-state index contributed by atoms with van der Waals surface area (Å²) in [6.07, 6.45) is 0. The molecule has 0 radical (unpaired) electrons. The molecule has 0 aliphatic rings. The number of methoxy groups -OCH3 is 1. The summed E-state index contributed by atoms with van der Waals surface area (Å²) in [5, 5.41) is 0. The number of benzene rings is 1. The highest BCUT2D eigenvalue weighted by Gasteiger charge is 2.42. The number of nitrogens with two attached hydrogens (primary N) is 1. The molecule has 0 amide bonds. The fourth-order valence-corrected chi connectivity index (χ4v) is 1.86. The Bertz CT molecular complexity index is 411. The third-order valence-electron chi connectivity index (χ3n) is 2.79. The van der Waals surface area contributed by atoms with Crippen molar-refractivity contribution in [2.24, 2.45) is 5.73 Å². The van der Waals surface area contributed by atoms with E-state index < -0.39 is 17.2 Å². The Morgan fingerprint density at radius 1 is 1.44 bits per heavy atom. The molecule has 5 heteroatoms. The topological polar surface area (TPSA) is 61.5 Å². The van der Waals surface area contributed by atoms with Crippen LogP contribution >= 0.6 is 0 Å². The fourth-order valence-electron chi connectivity index (χ4n) is 1.86. The maximum atomic E-state index is 13.9. The second-order valence-electron chi connectivity index (χ2n) is 3.92. The van der Waals surface area contributed by atoms with E-state index in [1.807, 2.05) is 0 Å². The summed E-state index contributed by atoms with van der Waals surface area (Å²) in [6.45, 7) is 1.79. The first-order chi connectivity index (χ1) is 8.62. The highest BCUT2D eigenvalue weighted by molar-refractivity contribution is 5.84. The van der Waals surface area contributed by atoms with E-state index in [-0.39, 0.29) is 25.3 Å². The molecule has 4 nitrogen and oxygen atoms in total. The summed E-state index contributed by atoms with van der Waals surface area (Å²) in [7, 11) is 1.44. The van der Waals surface area contributed by atoms with Gasteiger partial charge in [-0.25, -0.2) is 4.39 Å². The van der Waals surface area contributed by atoms with Gasteiger partial charge in [-0.3, -0.25) is 4.79 Å². The van der Waals surface area contributed by atoms with Crippen molar-refractivity contribution in [1.82, 2.24) is 0 Å². The number of carbonyl (C=O) groups excluding carboxylic acids is 1. The van der Waals surface area contributed by atoms with Crippen LogP contribution in [0.3, 0.4) is 0 Å². The molecule has 18 heavy (non-hydrogen) atoms. The molecular weight excluding hydrogens is 237 g/mol. The number of halogens is 1. The van der Waals surface area contributed by atoms with E-state index in [0.29, 0.717) is 0 Å². The molecule has 1 atom stereocenters. The average Bonchev–Trinajstić information content (AvgIpc) is 2.37. The lowest BCUT2D eigenvalue weighted by atomic mass is 9.81. The van der Waals surface area contributed by atoms with Gasteiger partial charge >= 0.3 is 5.97 Å². The van der Waals surface area contributed by atoms with Crippen LogP contribution in [0.5, 0.6) is 0 Å². The second kappa shape index (κ2) is 6.47. The quantitative estimate of drug-likeness (QED) is 0.777. The van der Waals surface area contributed by atoms with Crippen molar-refractivity contribution in [3.05, 3.63) is 35.6 Å². The minimum atomic E-state index is -1.30. The predicted molar refractivity (Wildman–Crippen MR) is 65.6 cm³/mol. The van der Waals surface area contributed by atoms with Crippen LogP contribution in [-0.4, -0.2) is 32.8 Å². The Balaban J connectivity index is 3.27. The number of rotatable bonds is 6. The van der Waals surface area contributed by atoms with Crippen molar-refractivity contribution >= 4 is 5.97 Å². The van der Waals surface area contributed by atoms with Crippen LogP contribution in [0.4, 0.5) is 4.39 Å². The Kier molecular flexibility index (Phi) is 5.25. The van der Waals surface area contributed by atoms with Crippen LogP contribution in [-0.2, 0) is 19.7 Å². The molecule has 2 N–H and O–H groups in total. The molecule has 100 valence electrons. The van der Waals surface area contributed by atoms with E-state index in [4.69, 9.17) is 15.2 Å². The first kappa shape index (κ1) is 14.6. The van der Waals surface area contributed by atoms with Crippen LogP contribution in [0.1, 0.15) is 12.5 Å². The third-order valence-corrected chi connectivity index (χ3v) is 2.79. The number of carbonyl (C=O) groups is 1. The molecule has 0 spiro atoms. The maximum absolute atomic E-state index is 13.9. The smallest absolute Gasteiger partial charge is 0.320 e. The molecule has 0 fully saturated rings. The Morgan fingerprint density at radius 3 is 2.61 bits per heavy atom. The lowest BCUT2D eigenvalue weighted by molar-refractivity contribution is -0.152. The lowest BCUT2D eigenvalue weighted by Crippen LogP contribution is -2.48. The number of esters is 1. The number of hydrogen-bond donors (Lipinski definition) is 1. The van der Waals surface area contributed by atoms with Crippen LogP contribution in [0.25, 0.3) is 0 Å². The standard InChI is InChI=1S/C13H18FNO3/c1-3-18-12(16)13(8-15,9-17-2)10-6-4-5-7-11(10)14/h4-7H,3,8-9,15H2,1-2H3. The van der Waals surface area contributed by atoms with Gasteiger partial charge in [-0.15, -0.1) is 0 Å². The average molecular weight is 255 g/mol. The molecule has 1 aromatic rings. The highest BCUT2D eigenvalue weighted by Crippen LogP contribution is 2.27. The Morgan fingerprint density at radius 2 is 2.11 bits per heavy atom. The zero-order valence-electron chi connectivity index (χ0n) is 10.6. The fraction of sp³-hybridized carbons (Fsp3) is 0.462. The molecule has 0 heterocycles. The van der Waals surface area contributed by atoms with Crippen molar-refractivity contribution in [2.45, 2.75) is 12.3 Å². The van der Waals surface area contributed by atoms with Crippen LogP contribution in [0, 0.1) is 5.82 Å². The molecule has 0 saturated heterocycles. The van der Waals surface area contributed by atoms with Gasteiger partial charge in [0.2, 0.25) is 0 Å². The van der Waals surface area contributed by atoms with E-state index in [2.05, 4.69) is 0 Å². The minimum absolute atomic E-state index is 0.0245. The van der Waals surface area contributed by atoms with Gasteiger partial charge in [0.05, 0.1) is 13.2 Å². The van der Waals surface area contributed by atoms with Crippen LogP contribution in [0.2, 0.25) is 0 Å². The third kappa shape index (κ3) is 2.68. The van der Waals surface area contributed by atoms with Crippen molar-refractivity contribution in [2.75, 3.05) is 26.9 Å². The summed E-state index contributed by atoms with van der Waals surface area (Å²) in [5.41, 5.74) is 4.58. The Labute approximate surface area is 106 Å². The van der Waals surface area contributed by atoms with Gasteiger partial charge in [0.1, 0.15) is 11.2 Å². The molecule has 0 saturated carbocycles. The lowest BCUT2D eigenvalue weighted by Gasteiger charge is -2.30. The SMILES string of the molecule is CCOC(=O)C(CN)(COC)c1ccccc1F. The van der Waals surface area contributed by atoms with Gasteiger partial charge in [0, 0.05) is 19.2 Å². The maximum Gasteiger partial charge on any atom is 0.320 e. The minimum Gasteiger partial charge on any atom is -0.465 e. The first-order valence-corrected chi connectivity index (χ1v) is 5.73. The van der Waals surface area contributed by atoms with E-state index in [1.165, 1.54) is 19.2 Å². The van der Waals surface area contributed by atoms with Gasteiger partial charge in [0.15, 0.2) is 0 Å². The molecule has 0 aromatic heterocycles. The summed E-state index contributed by atoms with van der Waals surface area (Å²) in [5.74, 6) is -1.06. The van der Waals surface area contributed by atoms with E-state index in [9.17, 15) is 9.18 Å². The molecule has 0 aliphatic carbocycles. The predicted octanol–water partition coefficient (Wildman–Crippen LogP) is 1.23. The van der Waals surface area contributed by atoms with Crippen LogP contribution in [0.15, 0.2) is 24.3 Å². The first-order valence-electron chi connectivity index (χ1n) is 5.73. The largest absolute Gasteiger partial charge is 0.465 e. The van der Waals surface area contributed by atoms with Gasteiger partial charge in [-0.2, -0.15) is 0 Å². The van der Waals surface area contributed by atoms with Gasteiger partial charge < -0.3 is 15.2 Å². The summed E-state index contributed by atoms with van der Waals surface area (Å²) < 4.78 is 23.9.